The highest BCUT2D eigenvalue weighted by atomic mass is 15.0. The Morgan fingerprint density at radius 1 is 1.06 bits per heavy atom. The zero-order chi connectivity index (χ0) is 11.7. The molecule has 0 atom stereocenters. The zero-order valence-electron chi connectivity index (χ0n) is 9.51. The first-order valence-electron chi connectivity index (χ1n) is 5.51. The number of aryl methyl sites for hydroxylation is 1. The quantitative estimate of drug-likeness (QED) is 0.726. The first-order chi connectivity index (χ1) is 8.33. The van der Waals surface area contributed by atoms with Crippen molar-refractivity contribution in [2.24, 2.45) is 0 Å². The molecule has 0 aliphatic heterocycles. The summed E-state index contributed by atoms with van der Waals surface area (Å²) in [7, 11) is 0. The van der Waals surface area contributed by atoms with E-state index < -0.39 is 0 Å². The first-order valence-corrected chi connectivity index (χ1v) is 5.51. The van der Waals surface area contributed by atoms with E-state index in [4.69, 9.17) is 0 Å². The van der Waals surface area contributed by atoms with Gasteiger partial charge in [0.05, 0.1) is 12.0 Å². The van der Waals surface area contributed by atoms with E-state index in [1.807, 2.05) is 0 Å². The number of H-pyrrole nitrogens is 1. The van der Waals surface area contributed by atoms with Gasteiger partial charge in [-0.05, 0) is 12.5 Å². The van der Waals surface area contributed by atoms with Crippen molar-refractivity contribution in [3.05, 3.63) is 53.7 Å². The van der Waals surface area contributed by atoms with Gasteiger partial charge in [0.15, 0.2) is 5.65 Å². The normalized spacial score (nSPS) is 10.9. The van der Waals surface area contributed by atoms with E-state index in [9.17, 15) is 0 Å². The van der Waals surface area contributed by atoms with Gasteiger partial charge >= 0.3 is 0 Å². The fourth-order valence-corrected chi connectivity index (χ4v) is 1.85. The lowest BCUT2D eigenvalue weighted by atomic mass is 10.1. The van der Waals surface area contributed by atoms with Crippen LogP contribution in [0.1, 0.15) is 16.8 Å². The van der Waals surface area contributed by atoms with E-state index in [0.717, 1.165) is 23.3 Å². The van der Waals surface area contributed by atoms with E-state index in [-0.39, 0.29) is 0 Å². The molecule has 84 valence electrons. The van der Waals surface area contributed by atoms with Crippen LogP contribution in [0.5, 0.6) is 0 Å². The van der Waals surface area contributed by atoms with Crippen LogP contribution >= 0.6 is 0 Å². The van der Waals surface area contributed by atoms with Crippen molar-refractivity contribution in [3.63, 3.8) is 0 Å². The molecule has 0 aliphatic rings. The van der Waals surface area contributed by atoms with E-state index >= 15 is 0 Å². The molecule has 0 spiro atoms. The lowest BCUT2D eigenvalue weighted by Gasteiger charge is -2.02. The van der Waals surface area contributed by atoms with E-state index in [0.29, 0.717) is 0 Å². The average Bonchev–Trinajstić information content (AvgIpc) is 2.81. The molecule has 3 rings (SSSR count). The van der Waals surface area contributed by atoms with Crippen molar-refractivity contribution in [2.75, 3.05) is 0 Å². The average molecular weight is 224 g/mol. The van der Waals surface area contributed by atoms with Crippen LogP contribution in [0.2, 0.25) is 0 Å². The van der Waals surface area contributed by atoms with Crippen molar-refractivity contribution in [3.8, 4) is 0 Å². The summed E-state index contributed by atoms with van der Waals surface area (Å²) in [5.41, 5.74) is 5.14. The maximum atomic E-state index is 4.31. The summed E-state index contributed by atoms with van der Waals surface area (Å²) in [5.74, 6) is 0. The summed E-state index contributed by atoms with van der Waals surface area (Å²) in [6.07, 6.45) is 4.01. The molecule has 0 saturated carbocycles. The number of nitrogens with one attached hydrogen (secondary N) is 1. The van der Waals surface area contributed by atoms with Gasteiger partial charge in [0, 0.05) is 6.42 Å². The predicted octanol–water partition coefficient (Wildman–Crippen LogP) is 2.25. The molecule has 0 bridgehead atoms. The molecular weight excluding hydrogens is 212 g/mol. The number of fused-ring (bicyclic) bond motifs is 1. The number of hydrogen-bond donors (Lipinski definition) is 1. The third-order valence-corrected chi connectivity index (χ3v) is 2.79. The second-order valence-electron chi connectivity index (χ2n) is 4.08. The Labute approximate surface area is 98.8 Å². The Balaban J connectivity index is 1.99. The zero-order valence-corrected chi connectivity index (χ0v) is 9.51. The number of hydrogen-bond acceptors (Lipinski definition) is 3. The summed E-state index contributed by atoms with van der Waals surface area (Å²) in [6.45, 7) is 2.08. The van der Waals surface area contributed by atoms with Crippen LogP contribution in [0.4, 0.5) is 0 Å². The van der Waals surface area contributed by atoms with Gasteiger partial charge < -0.3 is 4.98 Å². The number of imidazole rings is 1. The van der Waals surface area contributed by atoms with Crippen molar-refractivity contribution in [1.29, 1.82) is 0 Å². The van der Waals surface area contributed by atoms with Crippen molar-refractivity contribution in [2.45, 2.75) is 13.3 Å². The number of nitrogens with zero attached hydrogens (tertiary/aromatic N) is 3. The van der Waals surface area contributed by atoms with Gasteiger partial charge in [0.2, 0.25) is 0 Å². The third-order valence-electron chi connectivity index (χ3n) is 2.79. The van der Waals surface area contributed by atoms with Crippen LogP contribution in [-0.2, 0) is 6.42 Å². The minimum atomic E-state index is 0.724. The van der Waals surface area contributed by atoms with Crippen molar-refractivity contribution in [1.82, 2.24) is 19.9 Å². The predicted molar refractivity (Wildman–Crippen MR) is 65.7 cm³/mol. The Hall–Kier alpha value is -2.23. The molecule has 1 aromatic carbocycles. The Morgan fingerprint density at radius 3 is 2.71 bits per heavy atom. The molecule has 0 fully saturated rings. The third kappa shape index (κ3) is 1.89. The molecule has 0 amide bonds. The monoisotopic (exact) mass is 224 g/mol. The van der Waals surface area contributed by atoms with Crippen molar-refractivity contribution < 1.29 is 0 Å². The Morgan fingerprint density at radius 2 is 1.88 bits per heavy atom. The molecule has 17 heavy (non-hydrogen) atoms. The minimum absolute atomic E-state index is 0.724. The second kappa shape index (κ2) is 3.97. The summed E-state index contributed by atoms with van der Waals surface area (Å²) >= 11 is 0. The van der Waals surface area contributed by atoms with Gasteiger partial charge in [-0.3, -0.25) is 0 Å². The van der Waals surface area contributed by atoms with Crippen LogP contribution in [-0.4, -0.2) is 19.9 Å². The fourth-order valence-electron chi connectivity index (χ4n) is 1.85. The van der Waals surface area contributed by atoms with Gasteiger partial charge in [-0.2, -0.15) is 0 Å². The number of rotatable bonds is 2. The van der Waals surface area contributed by atoms with Gasteiger partial charge in [0.1, 0.15) is 11.8 Å². The molecule has 3 aromatic rings. The molecular formula is C13H12N4. The summed E-state index contributed by atoms with van der Waals surface area (Å²) in [4.78, 5) is 15.6. The molecule has 1 N–H and O–H groups in total. The summed E-state index contributed by atoms with van der Waals surface area (Å²) in [5, 5.41) is 0. The topological polar surface area (TPSA) is 54.5 Å². The van der Waals surface area contributed by atoms with Gasteiger partial charge in [-0.15, -0.1) is 0 Å². The highest BCUT2D eigenvalue weighted by Crippen LogP contribution is 2.14. The molecule has 2 aromatic heterocycles. The van der Waals surface area contributed by atoms with Crippen LogP contribution in [0.3, 0.4) is 0 Å². The van der Waals surface area contributed by atoms with Gasteiger partial charge in [-0.25, -0.2) is 15.0 Å². The van der Waals surface area contributed by atoms with Gasteiger partial charge in [0.25, 0.3) is 0 Å². The first kappa shape index (κ1) is 9.96. The Bertz CT molecular complexity index is 640. The molecule has 0 aliphatic carbocycles. The van der Waals surface area contributed by atoms with Crippen LogP contribution in [0.15, 0.2) is 36.9 Å². The molecule has 4 nitrogen and oxygen atoms in total. The van der Waals surface area contributed by atoms with E-state index in [1.165, 1.54) is 11.1 Å². The van der Waals surface area contributed by atoms with Crippen LogP contribution < -0.4 is 0 Å². The highest BCUT2D eigenvalue weighted by molar-refractivity contribution is 5.72. The summed E-state index contributed by atoms with van der Waals surface area (Å²) in [6, 6.07) is 8.47. The lowest BCUT2D eigenvalue weighted by molar-refractivity contribution is 1.05. The molecule has 2 heterocycles. The lowest BCUT2D eigenvalue weighted by Crippen LogP contribution is -1.95. The minimum Gasteiger partial charge on any atom is -0.342 e. The fraction of sp³-hybridized carbons (Fsp3) is 0.154. The van der Waals surface area contributed by atoms with E-state index in [1.54, 1.807) is 12.7 Å². The largest absolute Gasteiger partial charge is 0.342 e. The molecule has 0 saturated heterocycles. The van der Waals surface area contributed by atoms with E-state index in [2.05, 4.69) is 51.1 Å². The van der Waals surface area contributed by atoms with Crippen LogP contribution in [0.25, 0.3) is 11.2 Å². The highest BCUT2D eigenvalue weighted by Gasteiger charge is 2.06. The number of benzene rings is 1. The van der Waals surface area contributed by atoms with Crippen molar-refractivity contribution >= 4 is 11.2 Å². The number of aromatic nitrogens is 4. The maximum absolute atomic E-state index is 4.31. The van der Waals surface area contributed by atoms with Gasteiger partial charge in [-0.1, -0.05) is 29.8 Å². The molecule has 0 unspecified atom stereocenters. The SMILES string of the molecule is Cc1ccc(Cc2ncnc3nc[nH]c23)cc1. The number of aromatic amines is 1. The molecule has 0 radical (unpaired) electrons. The van der Waals surface area contributed by atoms with Crippen LogP contribution in [0, 0.1) is 6.92 Å². The molecule has 4 heteroatoms. The maximum Gasteiger partial charge on any atom is 0.180 e. The summed E-state index contributed by atoms with van der Waals surface area (Å²) < 4.78 is 0. The standard InChI is InChI=1S/C13H12N4/c1-9-2-4-10(5-3-9)6-11-12-13(16-7-14-11)17-8-15-12/h2-5,7-8H,6H2,1H3,(H,14,15,16,17). The second-order valence-corrected chi connectivity index (χ2v) is 4.08. The smallest absolute Gasteiger partial charge is 0.180 e. The Kier molecular flexibility index (Phi) is 2.33.